The maximum Gasteiger partial charge on any atom is 0.127 e. The van der Waals surface area contributed by atoms with Gasteiger partial charge in [-0.25, -0.2) is 0 Å². The molecule has 1 nitrogen and oxygen atoms in total. The minimum Gasteiger partial charge on any atom is -0.457 e. The summed E-state index contributed by atoms with van der Waals surface area (Å²) in [6.45, 7) is 2.29. The van der Waals surface area contributed by atoms with E-state index in [0.29, 0.717) is 0 Å². The molecule has 1 heteroatoms. The maximum absolute atomic E-state index is 5.95. The van der Waals surface area contributed by atoms with Crippen LogP contribution in [0.2, 0.25) is 0 Å². The van der Waals surface area contributed by atoms with Crippen LogP contribution >= 0.6 is 0 Å². The number of hydrogen-bond acceptors (Lipinski definition) is 1. The van der Waals surface area contributed by atoms with E-state index in [1.54, 1.807) is 0 Å². The summed E-state index contributed by atoms with van der Waals surface area (Å²) in [6.07, 6.45) is 22.4. The van der Waals surface area contributed by atoms with Crippen LogP contribution in [0.25, 0.3) is 0 Å². The zero-order chi connectivity index (χ0) is 21.1. The van der Waals surface area contributed by atoms with Crippen LogP contribution in [0.5, 0.6) is 11.5 Å². The number of hydrogen-bond donors (Lipinski definition) is 0. The number of benzene rings is 2. The first-order valence-corrected chi connectivity index (χ1v) is 12.7. The number of para-hydroxylation sites is 1. The van der Waals surface area contributed by atoms with Gasteiger partial charge >= 0.3 is 0 Å². The molecule has 0 N–H and O–H groups in total. The van der Waals surface area contributed by atoms with Crippen molar-refractivity contribution in [1.29, 1.82) is 0 Å². The lowest BCUT2D eigenvalue weighted by atomic mass is 10.0. The Morgan fingerprint density at radius 1 is 0.500 bits per heavy atom. The zero-order valence-corrected chi connectivity index (χ0v) is 19.4. The van der Waals surface area contributed by atoms with Crippen molar-refractivity contribution in [2.24, 2.45) is 0 Å². The molecule has 0 saturated heterocycles. The molecule has 0 spiro atoms. The first-order chi connectivity index (χ1) is 14.9. The molecular formula is C29H44O. The Morgan fingerprint density at radius 2 is 1.00 bits per heavy atom. The van der Waals surface area contributed by atoms with E-state index in [4.69, 9.17) is 4.74 Å². The van der Waals surface area contributed by atoms with E-state index < -0.39 is 0 Å². The van der Waals surface area contributed by atoms with Gasteiger partial charge in [-0.3, -0.25) is 0 Å². The molecule has 0 bridgehead atoms. The van der Waals surface area contributed by atoms with Crippen LogP contribution in [0, 0.1) is 0 Å². The van der Waals surface area contributed by atoms with Crippen molar-refractivity contribution < 1.29 is 4.74 Å². The Balaban J connectivity index is 1.42. The van der Waals surface area contributed by atoms with Crippen LogP contribution in [0.4, 0.5) is 0 Å². The summed E-state index contributed by atoms with van der Waals surface area (Å²) in [5, 5.41) is 0. The van der Waals surface area contributed by atoms with Gasteiger partial charge in [-0.1, -0.05) is 127 Å². The van der Waals surface area contributed by atoms with E-state index in [9.17, 15) is 0 Å². The molecule has 0 radical (unpaired) electrons. The fourth-order valence-corrected chi connectivity index (χ4v) is 4.09. The molecule has 0 fully saturated rings. The number of rotatable bonds is 18. The summed E-state index contributed by atoms with van der Waals surface area (Å²) in [7, 11) is 0. The van der Waals surface area contributed by atoms with Gasteiger partial charge in [0.1, 0.15) is 11.5 Å². The highest BCUT2D eigenvalue weighted by Gasteiger charge is 2.00. The molecule has 0 atom stereocenters. The Hall–Kier alpha value is -1.76. The standard InChI is InChI=1S/C29H44O/c1-2-3-4-5-6-7-8-9-10-11-12-13-14-15-17-21-27-22-20-25-29(26-27)30-28-23-18-16-19-24-28/h16,18-20,22-26H,2-15,17,21H2,1H3. The second kappa shape index (κ2) is 17.0. The Bertz CT molecular complexity index is 634. The summed E-state index contributed by atoms with van der Waals surface area (Å²) in [4.78, 5) is 0. The summed E-state index contributed by atoms with van der Waals surface area (Å²) in [5.74, 6) is 1.85. The van der Waals surface area contributed by atoms with Crippen molar-refractivity contribution in [3.05, 3.63) is 60.2 Å². The van der Waals surface area contributed by atoms with Crippen molar-refractivity contribution in [1.82, 2.24) is 0 Å². The molecular weight excluding hydrogens is 364 g/mol. The van der Waals surface area contributed by atoms with Crippen molar-refractivity contribution in [3.8, 4) is 11.5 Å². The molecule has 0 aromatic heterocycles. The molecule has 0 aliphatic carbocycles. The van der Waals surface area contributed by atoms with Crippen LogP contribution in [0.15, 0.2) is 54.6 Å². The lowest BCUT2D eigenvalue weighted by Crippen LogP contribution is -1.89. The summed E-state index contributed by atoms with van der Waals surface area (Å²) < 4.78 is 5.95. The van der Waals surface area contributed by atoms with Gasteiger partial charge in [0, 0.05) is 0 Å². The third-order valence-electron chi connectivity index (χ3n) is 5.95. The summed E-state index contributed by atoms with van der Waals surface area (Å²) in [6, 6.07) is 18.6. The molecule has 2 aromatic rings. The second-order valence-electron chi connectivity index (χ2n) is 8.76. The molecule has 0 aliphatic heterocycles. The smallest absolute Gasteiger partial charge is 0.127 e. The average molecular weight is 409 g/mol. The minimum absolute atomic E-state index is 0.904. The number of aryl methyl sites for hydroxylation is 1. The van der Waals surface area contributed by atoms with Gasteiger partial charge in [-0.15, -0.1) is 0 Å². The highest BCUT2D eigenvalue weighted by molar-refractivity contribution is 5.33. The lowest BCUT2D eigenvalue weighted by Gasteiger charge is -2.08. The van der Waals surface area contributed by atoms with E-state index in [1.807, 2.05) is 36.4 Å². The Morgan fingerprint density at radius 3 is 1.57 bits per heavy atom. The molecule has 166 valence electrons. The van der Waals surface area contributed by atoms with Crippen LogP contribution < -0.4 is 4.74 Å². The topological polar surface area (TPSA) is 9.23 Å². The van der Waals surface area contributed by atoms with E-state index >= 15 is 0 Å². The van der Waals surface area contributed by atoms with E-state index in [0.717, 1.165) is 17.9 Å². The normalized spacial score (nSPS) is 11.0. The third-order valence-corrected chi connectivity index (χ3v) is 5.95. The lowest BCUT2D eigenvalue weighted by molar-refractivity contribution is 0.481. The molecule has 30 heavy (non-hydrogen) atoms. The Kier molecular flexibility index (Phi) is 13.9. The molecule has 0 aliphatic rings. The van der Waals surface area contributed by atoms with Gasteiger partial charge in [0.05, 0.1) is 0 Å². The predicted octanol–water partition coefficient (Wildman–Crippen LogP) is 9.89. The van der Waals surface area contributed by atoms with Crippen LogP contribution in [-0.2, 0) is 6.42 Å². The van der Waals surface area contributed by atoms with Gasteiger partial charge in [0.25, 0.3) is 0 Å². The molecule has 0 saturated carbocycles. The van der Waals surface area contributed by atoms with Crippen molar-refractivity contribution in [2.75, 3.05) is 0 Å². The summed E-state index contributed by atoms with van der Waals surface area (Å²) >= 11 is 0. The minimum atomic E-state index is 0.904. The maximum atomic E-state index is 5.95. The predicted molar refractivity (Wildman–Crippen MR) is 132 cm³/mol. The van der Waals surface area contributed by atoms with Gasteiger partial charge in [-0.2, -0.15) is 0 Å². The highest BCUT2D eigenvalue weighted by Crippen LogP contribution is 2.23. The highest BCUT2D eigenvalue weighted by atomic mass is 16.5. The quantitative estimate of drug-likeness (QED) is 0.223. The number of unbranched alkanes of at least 4 members (excludes halogenated alkanes) is 14. The first kappa shape index (κ1) is 24.5. The van der Waals surface area contributed by atoms with Crippen molar-refractivity contribution in [2.45, 2.75) is 110 Å². The third kappa shape index (κ3) is 12.1. The van der Waals surface area contributed by atoms with Crippen LogP contribution in [0.3, 0.4) is 0 Å². The van der Waals surface area contributed by atoms with Gasteiger partial charge in [0.15, 0.2) is 0 Å². The van der Waals surface area contributed by atoms with Gasteiger partial charge in [-0.05, 0) is 42.7 Å². The SMILES string of the molecule is CCCCCCCCCCCCCCCCCc1cccc(Oc2ccccc2)c1. The molecule has 0 amide bonds. The monoisotopic (exact) mass is 408 g/mol. The number of ether oxygens (including phenoxy) is 1. The van der Waals surface area contributed by atoms with Crippen molar-refractivity contribution in [3.63, 3.8) is 0 Å². The van der Waals surface area contributed by atoms with E-state index in [-0.39, 0.29) is 0 Å². The van der Waals surface area contributed by atoms with Gasteiger partial charge < -0.3 is 4.74 Å². The fourth-order valence-electron chi connectivity index (χ4n) is 4.09. The van der Waals surface area contributed by atoms with E-state index in [1.165, 1.54) is 102 Å². The molecule has 0 heterocycles. The molecule has 0 unspecified atom stereocenters. The molecule has 2 aromatic carbocycles. The largest absolute Gasteiger partial charge is 0.457 e. The first-order valence-electron chi connectivity index (χ1n) is 12.7. The molecule has 2 rings (SSSR count). The summed E-state index contributed by atoms with van der Waals surface area (Å²) in [5.41, 5.74) is 1.39. The van der Waals surface area contributed by atoms with Gasteiger partial charge in [0.2, 0.25) is 0 Å². The Labute approximate surface area is 186 Å². The van der Waals surface area contributed by atoms with Crippen LogP contribution in [0.1, 0.15) is 109 Å². The average Bonchev–Trinajstić information content (AvgIpc) is 2.77. The second-order valence-corrected chi connectivity index (χ2v) is 8.76. The van der Waals surface area contributed by atoms with Crippen molar-refractivity contribution >= 4 is 0 Å². The fraction of sp³-hybridized carbons (Fsp3) is 0.586. The van der Waals surface area contributed by atoms with E-state index in [2.05, 4.69) is 25.1 Å². The zero-order valence-electron chi connectivity index (χ0n) is 19.4. The van der Waals surface area contributed by atoms with Crippen LogP contribution in [-0.4, -0.2) is 0 Å².